The van der Waals surface area contributed by atoms with Crippen LogP contribution in [-0.2, 0) is 7.05 Å². The molecular weight excluding hydrogens is 142 g/mol. The zero-order valence-corrected chi connectivity index (χ0v) is 8.35. The van der Waals surface area contributed by atoms with Crippen molar-refractivity contribution in [2.45, 2.75) is 0 Å². The van der Waals surface area contributed by atoms with Gasteiger partial charge >= 0.3 is 29.6 Å². The fourth-order valence-electron chi connectivity index (χ4n) is 0.481. The minimum atomic E-state index is 0. The molecule has 0 aliphatic heterocycles. The number of nitrogens with zero attached hydrogens (tertiary/aromatic N) is 2. The molecule has 1 aromatic rings. The van der Waals surface area contributed by atoms with Crippen molar-refractivity contribution in [3.63, 3.8) is 0 Å². The summed E-state index contributed by atoms with van der Waals surface area (Å²) in [6.07, 6.45) is 3.52. The van der Waals surface area contributed by atoms with Crippen LogP contribution in [0.1, 0.15) is 0 Å². The summed E-state index contributed by atoms with van der Waals surface area (Å²) in [6, 6.07) is 0. The monoisotopic (exact) mass is 147 g/mol. The summed E-state index contributed by atoms with van der Waals surface area (Å²) in [7, 11) is 7.19. The predicted octanol–water partition coefficient (Wildman–Crippen LogP) is -2.51. The fourth-order valence-corrected chi connectivity index (χ4v) is 0.603. The maximum atomic E-state index is 5.33. The maximum absolute atomic E-state index is 5.33. The maximum Gasteiger partial charge on any atom is 1.00 e. The molecule has 1 rings (SSSR count). The van der Waals surface area contributed by atoms with Gasteiger partial charge in [0, 0.05) is 13.2 Å². The molecule has 0 aliphatic carbocycles. The Labute approximate surface area is 82.6 Å². The van der Waals surface area contributed by atoms with Gasteiger partial charge in [-0.1, -0.05) is 0 Å². The van der Waals surface area contributed by atoms with Crippen molar-refractivity contribution in [1.82, 2.24) is 9.05 Å². The zero-order valence-electron chi connectivity index (χ0n) is 5.53. The molecule has 3 radical (unpaired) electrons. The second-order valence-corrected chi connectivity index (χ2v) is 1.96. The van der Waals surface area contributed by atoms with Crippen LogP contribution >= 0.6 is 12.2 Å². The molecule has 0 N–H and O–H groups in total. The van der Waals surface area contributed by atoms with Gasteiger partial charge in [0.25, 0.3) is 0 Å². The first-order valence-electron chi connectivity index (χ1n) is 2.21. The van der Waals surface area contributed by atoms with Crippen molar-refractivity contribution in [2.75, 3.05) is 0 Å². The van der Waals surface area contributed by atoms with Crippen LogP contribution in [0.3, 0.4) is 0 Å². The molecule has 5 heteroatoms. The van der Waals surface area contributed by atoms with Crippen LogP contribution in [0.4, 0.5) is 0 Å². The van der Waals surface area contributed by atoms with Crippen molar-refractivity contribution >= 4 is 20.2 Å². The summed E-state index contributed by atoms with van der Waals surface area (Å²) in [6.45, 7) is 0. The summed E-state index contributed by atoms with van der Waals surface area (Å²) >= 11 is 4.83. The summed E-state index contributed by atoms with van der Waals surface area (Å²) in [5.74, 6) is 0. The van der Waals surface area contributed by atoms with Gasteiger partial charge in [0.15, 0.2) is 0 Å². The molecule has 0 atom stereocenters. The molecule has 0 amide bonds. The van der Waals surface area contributed by atoms with E-state index in [1.807, 2.05) is 13.2 Å². The van der Waals surface area contributed by atoms with Gasteiger partial charge < -0.3 is 17.0 Å². The molecule has 2 nitrogen and oxygen atoms in total. The Morgan fingerprint density at radius 1 is 1.56 bits per heavy atom. The van der Waals surface area contributed by atoms with Gasteiger partial charge in [-0.05, 0) is 18.4 Å². The normalized spacial score (nSPS) is 8.67. The van der Waals surface area contributed by atoms with Gasteiger partial charge in [0.1, 0.15) is 4.77 Å². The predicted molar refractivity (Wildman–Crippen MR) is 35.4 cm³/mol. The molecule has 1 heterocycles. The van der Waals surface area contributed by atoms with E-state index in [0.29, 0.717) is 4.77 Å². The van der Waals surface area contributed by atoms with Gasteiger partial charge in [-0.25, -0.2) is 0 Å². The Bertz CT molecular complexity index is 218. The van der Waals surface area contributed by atoms with Gasteiger partial charge in [0.05, 0.1) is 0 Å². The van der Waals surface area contributed by atoms with E-state index < -0.39 is 0 Å². The van der Waals surface area contributed by atoms with Gasteiger partial charge in [0.2, 0.25) is 0 Å². The first kappa shape index (κ1) is 9.49. The van der Waals surface area contributed by atoms with Crippen molar-refractivity contribution in [3.8, 4) is 0 Å². The zero-order chi connectivity index (χ0) is 6.15. The number of aromatic nitrogens is 2. The Balaban J connectivity index is 0.000000640. The van der Waals surface area contributed by atoms with Crippen LogP contribution in [0.25, 0.3) is 0 Å². The van der Waals surface area contributed by atoms with Crippen LogP contribution in [0.2, 0.25) is 0 Å². The van der Waals surface area contributed by atoms with E-state index in [9.17, 15) is 0 Å². The third-order valence-electron chi connectivity index (χ3n) is 0.973. The summed E-state index contributed by atoms with van der Waals surface area (Å²) in [5.41, 5.74) is 0. The van der Waals surface area contributed by atoms with Crippen LogP contribution < -0.4 is 29.6 Å². The van der Waals surface area contributed by atoms with Crippen molar-refractivity contribution < 1.29 is 29.6 Å². The summed E-state index contributed by atoms with van der Waals surface area (Å²) < 4.78 is 3.80. The molecule has 41 valence electrons. The number of hydrogen-bond acceptors (Lipinski definition) is 1. The third kappa shape index (κ3) is 1.97. The van der Waals surface area contributed by atoms with Crippen molar-refractivity contribution in [3.05, 3.63) is 17.2 Å². The van der Waals surface area contributed by atoms with Gasteiger partial charge in [-0.2, -0.15) is 0 Å². The molecule has 0 saturated carbocycles. The van der Waals surface area contributed by atoms with Crippen LogP contribution in [-0.4, -0.2) is 17.0 Å². The Kier molecular flexibility index (Phi) is 3.81. The van der Waals surface area contributed by atoms with E-state index >= 15 is 0 Å². The molecule has 0 aromatic carbocycles. The second kappa shape index (κ2) is 3.61. The molecule has 0 aliphatic rings. The SMILES string of the molecule is [B-]n1ccn(C)c1=S.[Na+]. The van der Waals surface area contributed by atoms with E-state index in [1.165, 1.54) is 4.48 Å². The van der Waals surface area contributed by atoms with E-state index in [0.717, 1.165) is 0 Å². The number of hydrogen-bond donors (Lipinski definition) is 0. The molecular formula is C4H5BN2NaS. The number of imidazole rings is 1. The Morgan fingerprint density at radius 2 is 2.11 bits per heavy atom. The smallest absolute Gasteiger partial charge is 0.605 e. The van der Waals surface area contributed by atoms with Crippen LogP contribution in [0.15, 0.2) is 12.4 Å². The van der Waals surface area contributed by atoms with E-state index in [1.54, 1.807) is 10.8 Å². The Hall–Kier alpha value is 0.495. The first-order valence-corrected chi connectivity index (χ1v) is 2.61. The quantitative estimate of drug-likeness (QED) is 0.291. The summed E-state index contributed by atoms with van der Waals surface area (Å²) in [5, 5.41) is 0. The standard InChI is InChI=1S/C4H5BN2S.Na/c1-6-2-3-7(5)4(6)8;/h2-3H,1H3;/q-1;+1. The Morgan fingerprint density at radius 3 is 2.22 bits per heavy atom. The molecule has 1 aromatic heterocycles. The first-order chi connectivity index (χ1) is 3.72. The van der Waals surface area contributed by atoms with E-state index in [2.05, 4.69) is 0 Å². The van der Waals surface area contributed by atoms with Gasteiger partial charge in [-0.3, -0.25) is 0 Å². The summed E-state index contributed by atoms with van der Waals surface area (Å²) in [4.78, 5) is 0. The minimum Gasteiger partial charge on any atom is -0.605 e. The fraction of sp³-hybridized carbons (Fsp3) is 0.250. The molecule has 0 unspecified atom stereocenters. The largest absolute Gasteiger partial charge is 1.00 e. The third-order valence-corrected chi connectivity index (χ3v) is 1.47. The molecule has 0 fully saturated rings. The van der Waals surface area contributed by atoms with Crippen molar-refractivity contribution in [1.29, 1.82) is 0 Å². The van der Waals surface area contributed by atoms with Gasteiger partial charge in [-0.15, -0.1) is 0 Å². The number of aryl methyl sites for hydroxylation is 1. The van der Waals surface area contributed by atoms with E-state index in [-0.39, 0.29) is 29.6 Å². The van der Waals surface area contributed by atoms with Crippen LogP contribution in [0.5, 0.6) is 0 Å². The van der Waals surface area contributed by atoms with E-state index in [4.69, 9.17) is 20.2 Å². The van der Waals surface area contributed by atoms with Crippen molar-refractivity contribution in [2.24, 2.45) is 7.05 Å². The molecule has 0 spiro atoms. The molecule has 0 saturated heterocycles. The van der Waals surface area contributed by atoms with Crippen LogP contribution in [0, 0.1) is 4.77 Å². The second-order valence-electron chi connectivity index (χ2n) is 1.60. The topological polar surface area (TPSA) is 9.86 Å². The minimum absolute atomic E-state index is 0. The molecule has 9 heavy (non-hydrogen) atoms. The molecule has 0 bridgehead atoms. The number of rotatable bonds is 0. The average Bonchev–Trinajstić information content (AvgIpc) is 1.98. The average molecular weight is 147 g/mol.